The molecule has 1 aliphatic carbocycles. The van der Waals surface area contributed by atoms with Gasteiger partial charge in [-0.25, -0.2) is 0 Å². The Hall–Kier alpha value is -3.19. The third kappa shape index (κ3) is 4.37. The first-order valence-electron chi connectivity index (χ1n) is 11.7. The van der Waals surface area contributed by atoms with Crippen molar-refractivity contribution in [1.82, 2.24) is 14.9 Å². The first-order valence-corrected chi connectivity index (χ1v) is 12.1. The van der Waals surface area contributed by atoms with Crippen LogP contribution < -0.4 is 15.5 Å². The van der Waals surface area contributed by atoms with E-state index in [1.807, 2.05) is 42.6 Å². The van der Waals surface area contributed by atoms with Crippen LogP contribution in [0.2, 0.25) is 0 Å². The second-order valence-electron chi connectivity index (χ2n) is 8.86. The molecule has 2 fully saturated rings. The number of hydrogen-bond acceptors (Lipinski definition) is 3. The van der Waals surface area contributed by atoms with Crippen LogP contribution in [0.5, 0.6) is 0 Å². The van der Waals surface area contributed by atoms with Crippen LogP contribution in [0.3, 0.4) is 0 Å². The van der Waals surface area contributed by atoms with E-state index in [1.54, 1.807) is 0 Å². The van der Waals surface area contributed by atoms with E-state index in [9.17, 15) is 4.79 Å². The molecule has 170 valence electrons. The molecule has 5 rings (SSSR count). The highest BCUT2D eigenvalue weighted by Crippen LogP contribution is 2.43. The monoisotopic (exact) mass is 459 g/mol. The molecule has 2 atom stereocenters. The van der Waals surface area contributed by atoms with Gasteiger partial charge in [-0.3, -0.25) is 9.78 Å². The molecular formula is C26H29N5OS. The molecule has 1 saturated heterocycles. The number of nitrogens with zero attached hydrogens (tertiary/aromatic N) is 3. The summed E-state index contributed by atoms with van der Waals surface area (Å²) in [7, 11) is 0. The SMILES string of the molecule is CC(=O)Nc1ccc(N2C(=S)NC(c3ccccn3)C2c2cccn2C2CCCCC2)cc1. The number of thiocarbonyl (C=S) groups is 1. The van der Waals surface area contributed by atoms with Crippen molar-refractivity contribution in [3.8, 4) is 0 Å². The third-order valence-corrected chi connectivity index (χ3v) is 6.96. The molecule has 1 saturated carbocycles. The zero-order valence-corrected chi connectivity index (χ0v) is 19.6. The molecular weight excluding hydrogens is 430 g/mol. The lowest BCUT2D eigenvalue weighted by Gasteiger charge is -2.32. The molecule has 1 amide bonds. The van der Waals surface area contributed by atoms with E-state index in [1.165, 1.54) is 44.7 Å². The second-order valence-corrected chi connectivity index (χ2v) is 9.24. The van der Waals surface area contributed by atoms with Gasteiger partial charge in [0.25, 0.3) is 0 Å². The van der Waals surface area contributed by atoms with Crippen LogP contribution in [-0.2, 0) is 4.79 Å². The molecule has 1 aromatic carbocycles. The summed E-state index contributed by atoms with van der Waals surface area (Å²) in [6.45, 7) is 1.51. The minimum absolute atomic E-state index is 0.0315. The zero-order chi connectivity index (χ0) is 22.8. The second kappa shape index (κ2) is 9.35. The van der Waals surface area contributed by atoms with Crippen molar-refractivity contribution in [2.45, 2.75) is 57.2 Å². The molecule has 3 aromatic rings. The molecule has 0 radical (unpaired) electrons. The number of amides is 1. The standard InChI is InChI=1S/C26H29N5OS/c1-18(32)28-19-12-14-21(15-13-19)31-25(24(29-26(31)33)22-10-5-6-16-27-22)23-11-7-17-30(23)20-8-3-2-4-9-20/h5-7,10-17,20,24-25H,2-4,8-9H2,1H3,(H,28,32)(H,29,33). The van der Waals surface area contributed by atoms with Crippen molar-refractivity contribution in [2.75, 3.05) is 10.2 Å². The van der Waals surface area contributed by atoms with Gasteiger partial charge in [-0.1, -0.05) is 25.3 Å². The summed E-state index contributed by atoms with van der Waals surface area (Å²) in [4.78, 5) is 18.3. The fourth-order valence-electron chi connectivity index (χ4n) is 5.19. The molecule has 2 aromatic heterocycles. The first-order chi connectivity index (χ1) is 16.1. The first kappa shape index (κ1) is 21.6. The summed E-state index contributed by atoms with van der Waals surface area (Å²) in [6, 6.07) is 18.7. The van der Waals surface area contributed by atoms with Crippen molar-refractivity contribution in [3.05, 3.63) is 78.4 Å². The number of carbonyl (C=O) groups is 1. The predicted octanol–water partition coefficient (Wildman–Crippen LogP) is 5.52. The number of benzene rings is 1. The summed E-state index contributed by atoms with van der Waals surface area (Å²) in [5.41, 5.74) is 3.98. The van der Waals surface area contributed by atoms with Gasteiger partial charge in [0, 0.05) is 42.4 Å². The van der Waals surface area contributed by atoms with Gasteiger partial charge in [0.2, 0.25) is 5.91 Å². The Kier molecular flexibility index (Phi) is 6.13. The van der Waals surface area contributed by atoms with Gasteiger partial charge in [0.05, 0.1) is 11.7 Å². The molecule has 2 aliphatic rings. The van der Waals surface area contributed by atoms with E-state index in [4.69, 9.17) is 12.2 Å². The number of rotatable bonds is 5. The smallest absolute Gasteiger partial charge is 0.221 e. The molecule has 33 heavy (non-hydrogen) atoms. The number of nitrogens with one attached hydrogen (secondary N) is 2. The number of pyridine rings is 1. The molecule has 0 bridgehead atoms. The van der Waals surface area contributed by atoms with Gasteiger partial charge in [-0.15, -0.1) is 0 Å². The van der Waals surface area contributed by atoms with Crippen molar-refractivity contribution in [3.63, 3.8) is 0 Å². The predicted molar refractivity (Wildman–Crippen MR) is 135 cm³/mol. The van der Waals surface area contributed by atoms with Crippen molar-refractivity contribution in [2.24, 2.45) is 0 Å². The molecule has 1 aliphatic heterocycles. The van der Waals surface area contributed by atoms with Crippen molar-refractivity contribution in [1.29, 1.82) is 0 Å². The van der Waals surface area contributed by atoms with Crippen LogP contribution >= 0.6 is 12.2 Å². The summed E-state index contributed by atoms with van der Waals surface area (Å²) >= 11 is 5.86. The maximum Gasteiger partial charge on any atom is 0.221 e. The molecule has 0 spiro atoms. The van der Waals surface area contributed by atoms with Crippen molar-refractivity contribution >= 4 is 34.6 Å². The Balaban J connectivity index is 1.56. The minimum atomic E-state index is -0.0838. The van der Waals surface area contributed by atoms with Crippen LogP contribution in [0.1, 0.15) is 68.5 Å². The fourth-order valence-corrected chi connectivity index (χ4v) is 5.54. The molecule has 3 heterocycles. The van der Waals surface area contributed by atoms with Gasteiger partial charge in [0.15, 0.2) is 5.11 Å². The van der Waals surface area contributed by atoms with Gasteiger partial charge < -0.3 is 20.1 Å². The molecule has 6 nitrogen and oxygen atoms in total. The quantitative estimate of drug-likeness (QED) is 0.492. The third-order valence-electron chi connectivity index (χ3n) is 6.65. The topological polar surface area (TPSA) is 62.2 Å². The van der Waals surface area contributed by atoms with Gasteiger partial charge in [0.1, 0.15) is 6.04 Å². The number of hydrogen-bond donors (Lipinski definition) is 2. The van der Waals surface area contributed by atoms with Crippen LogP contribution in [0.25, 0.3) is 0 Å². The Bertz CT molecular complexity index is 1120. The Labute approximate surface area is 200 Å². The van der Waals surface area contributed by atoms with E-state index in [0.717, 1.165) is 17.1 Å². The minimum Gasteiger partial charge on any atom is -0.351 e. The van der Waals surface area contributed by atoms with Crippen LogP contribution in [0.4, 0.5) is 11.4 Å². The van der Waals surface area contributed by atoms with Gasteiger partial charge in [-0.2, -0.15) is 0 Å². The Morgan fingerprint density at radius 2 is 1.85 bits per heavy atom. The lowest BCUT2D eigenvalue weighted by atomic mass is 9.94. The average Bonchev–Trinajstić information content (AvgIpc) is 3.45. The highest BCUT2D eigenvalue weighted by molar-refractivity contribution is 7.80. The largest absolute Gasteiger partial charge is 0.351 e. The zero-order valence-electron chi connectivity index (χ0n) is 18.8. The normalized spacial score (nSPS) is 21.1. The maximum atomic E-state index is 11.4. The number of aromatic nitrogens is 2. The van der Waals surface area contributed by atoms with E-state index in [2.05, 4.69) is 49.5 Å². The average molecular weight is 460 g/mol. The van der Waals surface area contributed by atoms with Crippen LogP contribution in [0.15, 0.2) is 67.0 Å². The lowest BCUT2D eigenvalue weighted by molar-refractivity contribution is -0.114. The molecule has 2 N–H and O–H groups in total. The summed E-state index contributed by atoms with van der Waals surface area (Å²) in [5.74, 6) is -0.0838. The van der Waals surface area contributed by atoms with Crippen LogP contribution in [0, 0.1) is 0 Å². The molecule has 7 heteroatoms. The summed E-state index contributed by atoms with van der Waals surface area (Å²) in [6.07, 6.45) is 10.4. The Morgan fingerprint density at radius 3 is 2.55 bits per heavy atom. The van der Waals surface area contributed by atoms with E-state index < -0.39 is 0 Å². The van der Waals surface area contributed by atoms with E-state index in [-0.39, 0.29) is 18.0 Å². The van der Waals surface area contributed by atoms with Gasteiger partial charge >= 0.3 is 0 Å². The van der Waals surface area contributed by atoms with Crippen molar-refractivity contribution < 1.29 is 4.79 Å². The highest BCUT2D eigenvalue weighted by Gasteiger charge is 2.42. The summed E-state index contributed by atoms with van der Waals surface area (Å²) in [5, 5.41) is 7.07. The Morgan fingerprint density at radius 1 is 1.06 bits per heavy atom. The van der Waals surface area contributed by atoms with Gasteiger partial charge in [-0.05, 0) is 73.6 Å². The fraction of sp³-hybridized carbons (Fsp3) is 0.346. The van der Waals surface area contributed by atoms with E-state index in [0.29, 0.717) is 11.2 Å². The van der Waals surface area contributed by atoms with E-state index >= 15 is 0 Å². The van der Waals surface area contributed by atoms with Crippen LogP contribution in [-0.4, -0.2) is 20.6 Å². The highest BCUT2D eigenvalue weighted by atomic mass is 32.1. The molecule has 2 unspecified atom stereocenters. The number of anilines is 2. The maximum absolute atomic E-state index is 11.4. The number of carbonyl (C=O) groups excluding carboxylic acids is 1. The lowest BCUT2D eigenvalue weighted by Crippen LogP contribution is -2.31. The summed E-state index contributed by atoms with van der Waals surface area (Å²) < 4.78 is 2.47.